The molecule has 0 N–H and O–H groups in total. The molecule has 0 spiro atoms. The van der Waals surface area contributed by atoms with E-state index >= 15 is 0 Å². The molecule has 1 rings (SSSR count). The van der Waals surface area contributed by atoms with Crippen LogP contribution in [0.5, 0.6) is 0 Å². The molecular weight excluding hydrogens is 94.0 g/mol. The summed E-state index contributed by atoms with van der Waals surface area (Å²) in [7, 11) is 1.59. The second-order valence-electron chi connectivity index (χ2n) is 1.18. The van der Waals surface area contributed by atoms with Gasteiger partial charge in [-0.2, -0.15) is 0 Å². The SMILES string of the molecule is COC1=C[N]OC1. The van der Waals surface area contributed by atoms with Crippen molar-refractivity contribution in [2.75, 3.05) is 13.7 Å². The van der Waals surface area contributed by atoms with Crippen LogP contribution >= 0.6 is 0 Å². The first-order valence-corrected chi connectivity index (χ1v) is 1.98. The maximum atomic E-state index is 4.75. The Morgan fingerprint density at radius 2 is 2.86 bits per heavy atom. The lowest BCUT2D eigenvalue weighted by molar-refractivity contribution is 0.0882. The van der Waals surface area contributed by atoms with Crippen LogP contribution in [0.15, 0.2) is 12.0 Å². The minimum atomic E-state index is 0.483. The average molecular weight is 100 g/mol. The van der Waals surface area contributed by atoms with Gasteiger partial charge in [-0.25, -0.2) is 4.84 Å². The van der Waals surface area contributed by atoms with E-state index in [2.05, 4.69) is 10.3 Å². The summed E-state index contributed by atoms with van der Waals surface area (Å²) in [5.74, 6) is 0.778. The molecule has 1 heterocycles. The summed E-state index contributed by atoms with van der Waals surface area (Å²) in [6, 6.07) is 0. The maximum absolute atomic E-state index is 4.75. The van der Waals surface area contributed by atoms with E-state index in [0.29, 0.717) is 6.61 Å². The Hall–Kier alpha value is -0.700. The third-order valence-corrected chi connectivity index (χ3v) is 0.740. The first-order chi connectivity index (χ1) is 3.43. The molecule has 1 aliphatic heterocycles. The van der Waals surface area contributed by atoms with Crippen molar-refractivity contribution in [3.05, 3.63) is 12.0 Å². The molecule has 7 heavy (non-hydrogen) atoms. The Balaban J connectivity index is 2.36. The maximum Gasteiger partial charge on any atom is 0.145 e. The van der Waals surface area contributed by atoms with Crippen LogP contribution in [0.25, 0.3) is 0 Å². The smallest absolute Gasteiger partial charge is 0.145 e. The molecule has 0 unspecified atom stereocenters. The van der Waals surface area contributed by atoms with Crippen molar-refractivity contribution in [1.82, 2.24) is 5.48 Å². The molecule has 3 heteroatoms. The van der Waals surface area contributed by atoms with E-state index in [-0.39, 0.29) is 0 Å². The zero-order chi connectivity index (χ0) is 5.11. The second kappa shape index (κ2) is 1.84. The number of nitrogens with zero attached hydrogens (tertiary/aromatic N) is 1. The largest absolute Gasteiger partial charge is 0.497 e. The fraction of sp³-hybridized carbons (Fsp3) is 0.500. The van der Waals surface area contributed by atoms with Gasteiger partial charge in [0, 0.05) is 0 Å². The standard InChI is InChI=1S/C4H6NO2/c1-6-4-2-5-7-3-4/h2H,3H2,1H3. The van der Waals surface area contributed by atoms with E-state index in [1.807, 2.05) is 0 Å². The monoisotopic (exact) mass is 100 g/mol. The van der Waals surface area contributed by atoms with Crippen molar-refractivity contribution in [3.63, 3.8) is 0 Å². The summed E-state index contributed by atoms with van der Waals surface area (Å²) in [5, 5.41) is 0. The Kier molecular flexibility index (Phi) is 1.17. The van der Waals surface area contributed by atoms with Gasteiger partial charge in [-0.3, -0.25) is 0 Å². The van der Waals surface area contributed by atoms with Crippen LogP contribution in [0, 0.1) is 0 Å². The Morgan fingerprint density at radius 3 is 3.14 bits per heavy atom. The zero-order valence-corrected chi connectivity index (χ0v) is 4.05. The highest BCUT2D eigenvalue weighted by Crippen LogP contribution is 1.99. The van der Waals surface area contributed by atoms with Crippen molar-refractivity contribution >= 4 is 0 Å². The number of hydrogen-bond acceptors (Lipinski definition) is 2. The molecule has 0 aromatic heterocycles. The van der Waals surface area contributed by atoms with Crippen LogP contribution in [0.3, 0.4) is 0 Å². The molecule has 3 nitrogen and oxygen atoms in total. The van der Waals surface area contributed by atoms with Crippen LogP contribution in [-0.4, -0.2) is 13.7 Å². The minimum Gasteiger partial charge on any atom is -0.497 e. The van der Waals surface area contributed by atoms with Crippen molar-refractivity contribution in [2.45, 2.75) is 0 Å². The summed E-state index contributed by atoms with van der Waals surface area (Å²) in [5.41, 5.74) is 3.45. The van der Waals surface area contributed by atoms with Gasteiger partial charge < -0.3 is 4.74 Å². The Bertz CT molecular complexity index is 89.7. The zero-order valence-electron chi connectivity index (χ0n) is 4.05. The number of rotatable bonds is 1. The number of ether oxygens (including phenoxy) is 1. The van der Waals surface area contributed by atoms with Gasteiger partial charge in [0.25, 0.3) is 0 Å². The molecule has 0 aliphatic carbocycles. The molecule has 0 bridgehead atoms. The molecule has 0 amide bonds. The van der Waals surface area contributed by atoms with E-state index in [1.165, 1.54) is 0 Å². The third kappa shape index (κ3) is 0.838. The molecule has 0 saturated carbocycles. The molecule has 0 saturated heterocycles. The van der Waals surface area contributed by atoms with Crippen molar-refractivity contribution in [1.29, 1.82) is 0 Å². The van der Waals surface area contributed by atoms with Gasteiger partial charge in [0.2, 0.25) is 0 Å². The Morgan fingerprint density at radius 1 is 2.00 bits per heavy atom. The molecule has 0 aromatic carbocycles. The molecule has 1 radical (unpaired) electrons. The van der Waals surface area contributed by atoms with Crippen molar-refractivity contribution in [3.8, 4) is 0 Å². The van der Waals surface area contributed by atoms with Gasteiger partial charge in [-0.05, 0) is 0 Å². The van der Waals surface area contributed by atoms with E-state index in [4.69, 9.17) is 4.74 Å². The van der Waals surface area contributed by atoms with Gasteiger partial charge in [0.15, 0.2) is 0 Å². The van der Waals surface area contributed by atoms with E-state index in [0.717, 1.165) is 5.76 Å². The summed E-state index contributed by atoms with van der Waals surface area (Å²) in [6.45, 7) is 0.483. The predicted molar refractivity (Wildman–Crippen MR) is 23.2 cm³/mol. The van der Waals surface area contributed by atoms with Crippen molar-refractivity contribution in [2.24, 2.45) is 0 Å². The lowest BCUT2D eigenvalue weighted by Gasteiger charge is -1.91. The second-order valence-corrected chi connectivity index (χ2v) is 1.18. The highest BCUT2D eigenvalue weighted by atomic mass is 16.7. The fourth-order valence-corrected chi connectivity index (χ4v) is 0.346. The quantitative estimate of drug-likeness (QED) is 0.465. The van der Waals surface area contributed by atoms with E-state index in [1.54, 1.807) is 13.3 Å². The predicted octanol–water partition coefficient (Wildman–Crippen LogP) is 0.0238. The van der Waals surface area contributed by atoms with Crippen LogP contribution in [-0.2, 0) is 9.57 Å². The van der Waals surface area contributed by atoms with Gasteiger partial charge in [-0.15, -0.1) is 5.48 Å². The molecule has 0 fully saturated rings. The van der Waals surface area contributed by atoms with Crippen LogP contribution in [0.1, 0.15) is 0 Å². The summed E-state index contributed by atoms with van der Waals surface area (Å²) < 4.78 is 4.75. The normalized spacial score (nSPS) is 18.1. The van der Waals surface area contributed by atoms with E-state index < -0.39 is 0 Å². The lowest BCUT2D eigenvalue weighted by atomic mass is 10.6. The van der Waals surface area contributed by atoms with Gasteiger partial charge in [0.05, 0.1) is 13.3 Å². The van der Waals surface area contributed by atoms with Crippen molar-refractivity contribution < 1.29 is 9.57 Å². The summed E-state index contributed by atoms with van der Waals surface area (Å²) in [4.78, 5) is 4.56. The number of hydroxylamine groups is 1. The average Bonchev–Trinajstić information content (AvgIpc) is 2.14. The van der Waals surface area contributed by atoms with Gasteiger partial charge in [-0.1, -0.05) is 0 Å². The van der Waals surface area contributed by atoms with Gasteiger partial charge in [0.1, 0.15) is 12.4 Å². The first-order valence-electron chi connectivity index (χ1n) is 1.98. The number of methoxy groups -OCH3 is 1. The van der Waals surface area contributed by atoms with Gasteiger partial charge >= 0.3 is 0 Å². The Labute approximate surface area is 41.9 Å². The molecule has 39 valence electrons. The molecule has 0 aromatic rings. The van der Waals surface area contributed by atoms with Crippen LogP contribution in [0.4, 0.5) is 0 Å². The van der Waals surface area contributed by atoms with Crippen LogP contribution in [0.2, 0.25) is 0 Å². The fourth-order valence-electron chi connectivity index (χ4n) is 0.346. The first kappa shape index (κ1) is 4.46. The highest BCUT2D eigenvalue weighted by Gasteiger charge is 2.02. The summed E-state index contributed by atoms with van der Waals surface area (Å²) in [6.07, 6.45) is 1.56. The number of hydrogen-bond donors (Lipinski definition) is 0. The molecular formula is C4H6NO2. The summed E-state index contributed by atoms with van der Waals surface area (Å²) >= 11 is 0. The van der Waals surface area contributed by atoms with Crippen LogP contribution < -0.4 is 5.48 Å². The topological polar surface area (TPSA) is 32.6 Å². The molecule has 1 aliphatic rings. The molecule has 0 atom stereocenters. The third-order valence-electron chi connectivity index (χ3n) is 0.740. The lowest BCUT2D eigenvalue weighted by Crippen LogP contribution is -1.90. The highest BCUT2D eigenvalue weighted by molar-refractivity contribution is 4.92. The minimum absolute atomic E-state index is 0.483. The van der Waals surface area contributed by atoms with E-state index in [9.17, 15) is 0 Å².